The normalized spacial score (nSPS) is 11.1. The first-order valence-corrected chi connectivity index (χ1v) is 7.53. The zero-order chi connectivity index (χ0) is 15.5. The topological polar surface area (TPSA) is 49.9 Å². The molecule has 0 spiro atoms. The largest absolute Gasteiger partial charge is 0.321 e. The van der Waals surface area contributed by atoms with Gasteiger partial charge in [-0.3, -0.25) is 9.59 Å². The predicted octanol–water partition coefficient (Wildman–Crippen LogP) is 4.19. The molecule has 2 aromatic carbocycles. The predicted molar refractivity (Wildman–Crippen MR) is 92.1 cm³/mol. The van der Waals surface area contributed by atoms with Gasteiger partial charge in [-0.25, -0.2) is 0 Å². The molecule has 3 nitrogen and oxygen atoms in total. The summed E-state index contributed by atoms with van der Waals surface area (Å²) < 4.78 is 0.843. The molecule has 0 saturated heterocycles. The van der Waals surface area contributed by atoms with Gasteiger partial charge in [0.25, 0.3) is 5.56 Å². The summed E-state index contributed by atoms with van der Waals surface area (Å²) in [6.07, 6.45) is 2.97. The van der Waals surface area contributed by atoms with Crippen molar-refractivity contribution in [2.45, 2.75) is 0 Å². The van der Waals surface area contributed by atoms with Crippen LogP contribution in [-0.4, -0.2) is 10.8 Å². The number of aromatic nitrogens is 1. The average Bonchev–Trinajstić information content (AvgIpc) is 2.52. The molecule has 108 valence electrons. The van der Waals surface area contributed by atoms with Gasteiger partial charge >= 0.3 is 0 Å². The summed E-state index contributed by atoms with van der Waals surface area (Å²) >= 11 is 3.33. The molecular weight excluding hydrogens is 342 g/mol. The quantitative estimate of drug-likeness (QED) is 0.567. The molecule has 0 unspecified atom stereocenters. The number of allylic oxidation sites excluding steroid dienone is 1. The van der Waals surface area contributed by atoms with Crippen LogP contribution in [0, 0.1) is 0 Å². The monoisotopic (exact) mass is 353 g/mol. The second-order valence-corrected chi connectivity index (χ2v) is 5.76. The molecule has 0 saturated carbocycles. The molecule has 3 rings (SSSR count). The van der Waals surface area contributed by atoms with Gasteiger partial charge in [0.1, 0.15) is 0 Å². The number of rotatable bonds is 3. The van der Waals surface area contributed by atoms with Crippen LogP contribution in [0.3, 0.4) is 0 Å². The standard InChI is InChI=1S/C18H12BrNO2/c19-15-6-3-5-13(11-15)17(21)9-8-14-10-12-4-1-2-7-16(12)20-18(14)22/h1-11H,(H,20,22)/b9-8+. The van der Waals surface area contributed by atoms with Crippen LogP contribution in [0.5, 0.6) is 0 Å². The minimum atomic E-state index is -0.211. The molecular formula is C18H12BrNO2. The van der Waals surface area contributed by atoms with Crippen molar-refractivity contribution in [1.29, 1.82) is 0 Å². The van der Waals surface area contributed by atoms with E-state index in [1.807, 2.05) is 30.3 Å². The summed E-state index contributed by atoms with van der Waals surface area (Å²) in [4.78, 5) is 26.9. The Kier molecular flexibility index (Phi) is 4.02. The summed E-state index contributed by atoms with van der Waals surface area (Å²) in [7, 11) is 0. The summed E-state index contributed by atoms with van der Waals surface area (Å²) in [5, 5.41) is 0.927. The zero-order valence-corrected chi connectivity index (χ0v) is 13.1. The Labute approximate surface area is 135 Å². The molecule has 0 fully saturated rings. The Morgan fingerprint density at radius 2 is 1.86 bits per heavy atom. The van der Waals surface area contributed by atoms with Gasteiger partial charge in [-0.05, 0) is 41.8 Å². The van der Waals surface area contributed by atoms with Crippen molar-refractivity contribution >= 4 is 38.7 Å². The zero-order valence-electron chi connectivity index (χ0n) is 11.5. The van der Waals surface area contributed by atoms with Crippen LogP contribution in [0.25, 0.3) is 17.0 Å². The number of carbonyl (C=O) groups excluding carboxylic acids is 1. The van der Waals surface area contributed by atoms with Crippen molar-refractivity contribution in [2.24, 2.45) is 0 Å². The fraction of sp³-hybridized carbons (Fsp3) is 0. The lowest BCUT2D eigenvalue weighted by molar-refractivity contribution is 0.104. The van der Waals surface area contributed by atoms with E-state index < -0.39 is 0 Å². The number of benzene rings is 2. The first-order chi connectivity index (χ1) is 10.6. The third kappa shape index (κ3) is 3.07. The van der Waals surface area contributed by atoms with E-state index in [4.69, 9.17) is 0 Å². The van der Waals surface area contributed by atoms with Crippen LogP contribution in [0.1, 0.15) is 15.9 Å². The minimum Gasteiger partial charge on any atom is -0.321 e. The Bertz CT molecular complexity index is 941. The maximum Gasteiger partial charge on any atom is 0.255 e. The highest BCUT2D eigenvalue weighted by molar-refractivity contribution is 9.10. The maximum absolute atomic E-state index is 12.1. The lowest BCUT2D eigenvalue weighted by Crippen LogP contribution is -2.09. The number of nitrogens with one attached hydrogen (secondary N) is 1. The molecule has 0 atom stereocenters. The van der Waals surface area contributed by atoms with Crippen molar-refractivity contribution in [2.75, 3.05) is 0 Å². The van der Waals surface area contributed by atoms with E-state index in [-0.39, 0.29) is 11.3 Å². The van der Waals surface area contributed by atoms with E-state index in [0.29, 0.717) is 11.1 Å². The highest BCUT2D eigenvalue weighted by Crippen LogP contribution is 2.14. The van der Waals surface area contributed by atoms with Gasteiger partial charge in [0.2, 0.25) is 0 Å². The number of pyridine rings is 1. The van der Waals surface area contributed by atoms with E-state index in [1.54, 1.807) is 30.3 Å². The van der Waals surface area contributed by atoms with Crippen molar-refractivity contribution in [3.8, 4) is 0 Å². The minimum absolute atomic E-state index is 0.145. The lowest BCUT2D eigenvalue weighted by atomic mass is 10.1. The van der Waals surface area contributed by atoms with E-state index in [9.17, 15) is 9.59 Å². The third-order valence-corrected chi connectivity index (χ3v) is 3.80. The first-order valence-electron chi connectivity index (χ1n) is 6.73. The van der Waals surface area contributed by atoms with Gasteiger partial charge in [-0.15, -0.1) is 0 Å². The summed E-state index contributed by atoms with van der Waals surface area (Å²) in [6, 6.07) is 16.4. The van der Waals surface area contributed by atoms with Gasteiger partial charge < -0.3 is 4.98 Å². The van der Waals surface area contributed by atoms with Crippen LogP contribution in [0.4, 0.5) is 0 Å². The number of carbonyl (C=O) groups is 1. The molecule has 0 aliphatic heterocycles. The SMILES string of the molecule is O=C(/C=C/c1cc2ccccc2[nH]c1=O)c1cccc(Br)c1. The number of hydrogen-bond acceptors (Lipinski definition) is 2. The Balaban J connectivity index is 1.94. The molecule has 1 heterocycles. The number of para-hydroxylation sites is 1. The van der Waals surface area contributed by atoms with Gasteiger partial charge in [-0.1, -0.05) is 46.3 Å². The van der Waals surface area contributed by atoms with Gasteiger partial charge in [0, 0.05) is 21.1 Å². The van der Waals surface area contributed by atoms with Crippen LogP contribution in [0.15, 0.2) is 69.9 Å². The van der Waals surface area contributed by atoms with Crippen molar-refractivity contribution in [3.05, 3.63) is 86.6 Å². The molecule has 0 radical (unpaired) electrons. The fourth-order valence-corrected chi connectivity index (χ4v) is 2.59. The fourth-order valence-electron chi connectivity index (χ4n) is 2.19. The average molecular weight is 354 g/mol. The second kappa shape index (κ2) is 6.12. The molecule has 22 heavy (non-hydrogen) atoms. The maximum atomic E-state index is 12.1. The molecule has 4 heteroatoms. The molecule has 1 N–H and O–H groups in total. The van der Waals surface area contributed by atoms with E-state index >= 15 is 0 Å². The van der Waals surface area contributed by atoms with E-state index in [2.05, 4.69) is 20.9 Å². The molecule has 1 aromatic heterocycles. The number of ketones is 1. The molecule has 0 aliphatic rings. The van der Waals surface area contributed by atoms with Crippen LogP contribution < -0.4 is 5.56 Å². The number of halogens is 1. The molecule has 3 aromatic rings. The second-order valence-electron chi connectivity index (χ2n) is 4.85. The Morgan fingerprint density at radius 3 is 2.68 bits per heavy atom. The Morgan fingerprint density at radius 1 is 1.05 bits per heavy atom. The van der Waals surface area contributed by atoms with Gasteiger partial charge in [-0.2, -0.15) is 0 Å². The van der Waals surface area contributed by atoms with Crippen molar-refractivity contribution < 1.29 is 4.79 Å². The smallest absolute Gasteiger partial charge is 0.255 e. The highest BCUT2D eigenvalue weighted by Gasteiger charge is 2.03. The summed E-state index contributed by atoms with van der Waals surface area (Å²) in [6.45, 7) is 0. The number of aromatic amines is 1. The van der Waals surface area contributed by atoms with Crippen LogP contribution >= 0.6 is 15.9 Å². The van der Waals surface area contributed by atoms with Crippen molar-refractivity contribution in [3.63, 3.8) is 0 Å². The van der Waals surface area contributed by atoms with Gasteiger partial charge in [0.15, 0.2) is 5.78 Å². The lowest BCUT2D eigenvalue weighted by Gasteiger charge is -1.99. The van der Waals surface area contributed by atoms with E-state index in [1.165, 1.54) is 6.08 Å². The number of fused-ring (bicyclic) bond motifs is 1. The molecule has 0 amide bonds. The van der Waals surface area contributed by atoms with Crippen LogP contribution in [-0.2, 0) is 0 Å². The number of H-pyrrole nitrogens is 1. The summed E-state index contributed by atoms with van der Waals surface area (Å²) in [5.74, 6) is -0.145. The van der Waals surface area contributed by atoms with E-state index in [0.717, 1.165) is 15.4 Å². The summed E-state index contributed by atoms with van der Waals surface area (Å²) in [5.41, 5.74) is 1.60. The first kappa shape index (κ1) is 14.5. The Hall–Kier alpha value is -2.46. The third-order valence-electron chi connectivity index (χ3n) is 3.31. The van der Waals surface area contributed by atoms with Gasteiger partial charge in [0.05, 0.1) is 0 Å². The van der Waals surface area contributed by atoms with Crippen LogP contribution in [0.2, 0.25) is 0 Å². The molecule has 0 bridgehead atoms. The molecule has 0 aliphatic carbocycles. The highest BCUT2D eigenvalue weighted by atomic mass is 79.9. The number of hydrogen-bond donors (Lipinski definition) is 1. The van der Waals surface area contributed by atoms with Crippen molar-refractivity contribution in [1.82, 2.24) is 4.98 Å².